The third kappa shape index (κ3) is 43.7. The molecule has 0 aromatic heterocycles. The fourth-order valence-electron chi connectivity index (χ4n) is 7.44. The van der Waals surface area contributed by atoms with Crippen molar-refractivity contribution in [3.8, 4) is 0 Å². The number of carbonyl (C=O) groups excluding carboxylic acids is 2. The van der Waals surface area contributed by atoms with Crippen LogP contribution in [0.1, 0.15) is 258 Å². The molecule has 0 rings (SSSR count). The number of hydrogen-bond acceptors (Lipinski definition) is 5. The lowest BCUT2D eigenvalue weighted by atomic mass is 10.1. The molecule has 0 aromatic rings. The third-order valence-electron chi connectivity index (χ3n) is 11.4. The first-order chi connectivity index (χ1) is 28.5. The summed E-state index contributed by atoms with van der Waals surface area (Å²) in [7, 11) is 0. The Bertz CT molecular complexity index is 946. The number of carbonyl (C=O) groups is 2. The Kier molecular flexibility index (Phi) is 46.2. The van der Waals surface area contributed by atoms with Crippen LogP contribution in [0.25, 0.3) is 0 Å². The first kappa shape index (κ1) is 56.1. The molecule has 0 aliphatic rings. The van der Waals surface area contributed by atoms with Gasteiger partial charge in [-0.25, -0.2) is 0 Å². The Balaban J connectivity index is 3.51. The summed E-state index contributed by atoms with van der Waals surface area (Å²) in [5, 5.41) is 23.0. The van der Waals surface area contributed by atoms with Gasteiger partial charge >= 0.3 is 5.97 Å². The Morgan fingerprint density at radius 2 is 0.810 bits per heavy atom. The normalized spacial score (nSPS) is 13.0. The molecule has 3 N–H and O–H groups in total. The molecule has 0 bridgehead atoms. The van der Waals surface area contributed by atoms with Gasteiger partial charge in [-0.1, -0.05) is 198 Å². The molecule has 0 aliphatic heterocycles. The molecule has 2 atom stereocenters. The van der Waals surface area contributed by atoms with Crippen molar-refractivity contribution in [1.82, 2.24) is 5.32 Å². The zero-order chi connectivity index (χ0) is 42.3. The average molecular weight is 816 g/mol. The van der Waals surface area contributed by atoms with E-state index in [1.165, 1.54) is 161 Å². The summed E-state index contributed by atoms with van der Waals surface area (Å²) < 4.78 is 5.44. The molecule has 0 radical (unpaired) electrons. The number of esters is 1. The Morgan fingerprint density at radius 3 is 1.22 bits per heavy atom. The number of rotatable bonds is 46. The van der Waals surface area contributed by atoms with Gasteiger partial charge in [0.25, 0.3) is 0 Å². The topological polar surface area (TPSA) is 95.9 Å². The lowest BCUT2D eigenvalue weighted by molar-refractivity contribution is -0.143. The van der Waals surface area contributed by atoms with Crippen molar-refractivity contribution in [3.05, 3.63) is 36.5 Å². The van der Waals surface area contributed by atoms with Gasteiger partial charge in [0.05, 0.1) is 25.4 Å². The number of allylic oxidation sites excluding steroid dienone is 5. The van der Waals surface area contributed by atoms with Crippen molar-refractivity contribution in [2.45, 2.75) is 270 Å². The minimum atomic E-state index is -0.853. The van der Waals surface area contributed by atoms with E-state index in [-0.39, 0.29) is 18.5 Å². The molecule has 6 heteroatoms. The molecule has 0 aliphatic carbocycles. The second kappa shape index (κ2) is 47.8. The van der Waals surface area contributed by atoms with Gasteiger partial charge in [-0.05, 0) is 83.5 Å². The Labute approximate surface area is 360 Å². The number of nitrogens with one attached hydrogen (secondary N) is 1. The maximum absolute atomic E-state index is 12.4. The Morgan fingerprint density at radius 1 is 0.466 bits per heavy atom. The van der Waals surface area contributed by atoms with Crippen LogP contribution in [0.3, 0.4) is 0 Å². The number of aliphatic hydroxyl groups is 2. The lowest BCUT2D eigenvalue weighted by Gasteiger charge is -2.20. The fourth-order valence-corrected chi connectivity index (χ4v) is 7.44. The summed E-state index contributed by atoms with van der Waals surface area (Å²) in [5.74, 6) is -0.106. The van der Waals surface area contributed by atoms with Gasteiger partial charge in [0.1, 0.15) is 0 Å². The molecule has 0 saturated carbocycles. The van der Waals surface area contributed by atoms with E-state index < -0.39 is 12.1 Å². The second-order valence-electron chi connectivity index (χ2n) is 17.1. The van der Waals surface area contributed by atoms with Gasteiger partial charge in [0.15, 0.2) is 0 Å². The molecule has 0 fully saturated rings. The minimum absolute atomic E-state index is 0.0206. The van der Waals surface area contributed by atoms with E-state index in [0.29, 0.717) is 19.4 Å². The average Bonchev–Trinajstić information content (AvgIpc) is 3.22. The highest BCUT2D eigenvalue weighted by Crippen LogP contribution is 2.14. The third-order valence-corrected chi connectivity index (χ3v) is 11.4. The van der Waals surface area contributed by atoms with Gasteiger partial charge in [-0.3, -0.25) is 9.59 Å². The SMILES string of the molecule is CCCCCCC/C=C\CCCCCCCC(=O)OCCCCCC/C=C\CCCCCCCCCC(=O)NC(CO)C(O)/C=C/CCCCCCCCCCCC. The molecular formula is C52H97NO5. The first-order valence-electron chi connectivity index (χ1n) is 25.3. The quantitative estimate of drug-likeness (QED) is 0.0323. The van der Waals surface area contributed by atoms with Crippen LogP contribution < -0.4 is 5.32 Å². The maximum atomic E-state index is 12.4. The summed E-state index contributed by atoms with van der Waals surface area (Å²) in [6.07, 6.45) is 57.1. The first-order valence-corrected chi connectivity index (χ1v) is 25.3. The molecule has 6 nitrogen and oxygen atoms in total. The monoisotopic (exact) mass is 816 g/mol. The predicted octanol–water partition coefficient (Wildman–Crippen LogP) is 14.9. The van der Waals surface area contributed by atoms with E-state index in [1.54, 1.807) is 6.08 Å². The van der Waals surface area contributed by atoms with E-state index in [0.717, 1.165) is 70.6 Å². The summed E-state index contributed by atoms with van der Waals surface area (Å²) in [4.78, 5) is 24.4. The molecule has 0 aromatic carbocycles. The van der Waals surface area contributed by atoms with Crippen LogP contribution >= 0.6 is 0 Å². The zero-order valence-electron chi connectivity index (χ0n) is 38.5. The Hall–Kier alpha value is -1.92. The van der Waals surface area contributed by atoms with Crippen LogP contribution in [0.2, 0.25) is 0 Å². The number of hydrogen-bond donors (Lipinski definition) is 3. The molecule has 58 heavy (non-hydrogen) atoms. The van der Waals surface area contributed by atoms with E-state index in [4.69, 9.17) is 4.74 Å². The molecule has 340 valence electrons. The standard InChI is InChI=1S/C52H97NO5/c1-3-5-7-9-11-13-15-17-22-26-30-34-38-42-46-52(57)58-47-43-39-35-31-27-23-20-18-19-21-25-29-33-37-41-45-51(56)53-49(48-54)50(55)44-40-36-32-28-24-16-14-12-10-8-6-4-2/h15,17,20,23,40,44,49-50,54-55H,3-14,16,18-19,21-22,24-39,41-43,45-48H2,1-2H3,(H,53,56)/b17-15-,23-20-,44-40+. The number of ether oxygens (including phenoxy) is 1. The van der Waals surface area contributed by atoms with Gasteiger partial charge in [-0.15, -0.1) is 0 Å². The van der Waals surface area contributed by atoms with E-state index in [9.17, 15) is 19.8 Å². The molecule has 1 amide bonds. The maximum Gasteiger partial charge on any atom is 0.305 e. The van der Waals surface area contributed by atoms with Crippen molar-refractivity contribution in [1.29, 1.82) is 0 Å². The highest BCUT2D eigenvalue weighted by molar-refractivity contribution is 5.76. The van der Waals surface area contributed by atoms with E-state index in [1.807, 2.05) is 6.08 Å². The zero-order valence-corrected chi connectivity index (χ0v) is 38.5. The number of unbranched alkanes of at least 4 members (excludes halogenated alkanes) is 31. The number of amides is 1. The van der Waals surface area contributed by atoms with Crippen molar-refractivity contribution in [2.75, 3.05) is 13.2 Å². The van der Waals surface area contributed by atoms with Crippen LogP contribution in [-0.2, 0) is 14.3 Å². The predicted molar refractivity (Wildman–Crippen MR) is 250 cm³/mol. The van der Waals surface area contributed by atoms with Gasteiger partial charge in [0.2, 0.25) is 5.91 Å². The lowest BCUT2D eigenvalue weighted by Crippen LogP contribution is -2.45. The van der Waals surface area contributed by atoms with E-state index in [2.05, 4.69) is 43.5 Å². The van der Waals surface area contributed by atoms with Crippen LogP contribution in [0, 0.1) is 0 Å². The summed E-state index contributed by atoms with van der Waals surface area (Å²) in [5.41, 5.74) is 0. The number of aliphatic hydroxyl groups excluding tert-OH is 2. The molecule has 0 heterocycles. The van der Waals surface area contributed by atoms with Crippen molar-refractivity contribution in [3.63, 3.8) is 0 Å². The molecule has 2 unspecified atom stereocenters. The summed E-state index contributed by atoms with van der Waals surface area (Å²) >= 11 is 0. The van der Waals surface area contributed by atoms with Crippen LogP contribution in [-0.4, -0.2) is 47.4 Å². The van der Waals surface area contributed by atoms with Crippen molar-refractivity contribution in [2.24, 2.45) is 0 Å². The highest BCUT2D eigenvalue weighted by Gasteiger charge is 2.18. The van der Waals surface area contributed by atoms with Crippen LogP contribution in [0.15, 0.2) is 36.5 Å². The van der Waals surface area contributed by atoms with Crippen molar-refractivity contribution >= 4 is 11.9 Å². The molecule has 0 saturated heterocycles. The fraction of sp³-hybridized carbons (Fsp3) is 0.846. The largest absolute Gasteiger partial charge is 0.466 e. The van der Waals surface area contributed by atoms with Crippen LogP contribution in [0.4, 0.5) is 0 Å². The van der Waals surface area contributed by atoms with Gasteiger partial charge in [-0.2, -0.15) is 0 Å². The van der Waals surface area contributed by atoms with Gasteiger partial charge in [0, 0.05) is 12.8 Å². The van der Waals surface area contributed by atoms with Crippen LogP contribution in [0.5, 0.6) is 0 Å². The van der Waals surface area contributed by atoms with Gasteiger partial charge < -0.3 is 20.3 Å². The second-order valence-corrected chi connectivity index (χ2v) is 17.1. The summed E-state index contributed by atoms with van der Waals surface area (Å²) in [6.45, 7) is 4.83. The molecular weight excluding hydrogens is 719 g/mol. The van der Waals surface area contributed by atoms with E-state index >= 15 is 0 Å². The minimum Gasteiger partial charge on any atom is -0.466 e. The van der Waals surface area contributed by atoms with Crippen molar-refractivity contribution < 1.29 is 24.5 Å². The smallest absolute Gasteiger partial charge is 0.305 e. The molecule has 0 spiro atoms. The summed E-state index contributed by atoms with van der Waals surface area (Å²) in [6, 6.07) is -0.638. The highest BCUT2D eigenvalue weighted by atomic mass is 16.5.